The molecule has 8 heteroatoms. The van der Waals surface area contributed by atoms with Crippen LogP contribution >= 0.6 is 22.9 Å². The normalized spacial score (nSPS) is 11.0. The monoisotopic (exact) mass is 385 g/mol. The van der Waals surface area contributed by atoms with Crippen molar-refractivity contribution in [2.24, 2.45) is 0 Å². The Morgan fingerprint density at radius 3 is 2.46 bits per heavy atom. The molecule has 0 aliphatic carbocycles. The summed E-state index contributed by atoms with van der Waals surface area (Å²) in [4.78, 5) is 2.80. The Bertz CT molecular complexity index is 1020. The van der Waals surface area contributed by atoms with E-state index in [0.29, 0.717) is 11.6 Å². The van der Waals surface area contributed by atoms with E-state index in [2.05, 4.69) is 20.2 Å². The van der Waals surface area contributed by atoms with Gasteiger partial charge in [-0.05, 0) is 48.5 Å². The zero-order chi connectivity index (χ0) is 18.1. The van der Waals surface area contributed by atoms with E-state index in [1.54, 1.807) is 16.6 Å². The van der Waals surface area contributed by atoms with Crippen LogP contribution < -0.4 is 9.64 Å². The van der Waals surface area contributed by atoms with Crippen molar-refractivity contribution in [2.75, 3.05) is 19.0 Å². The zero-order valence-electron chi connectivity index (χ0n) is 14.3. The molecule has 0 bridgehead atoms. The highest BCUT2D eigenvalue weighted by molar-refractivity contribution is 7.16. The van der Waals surface area contributed by atoms with Gasteiger partial charge in [-0.3, -0.25) is 0 Å². The Morgan fingerprint density at radius 1 is 1.04 bits per heavy atom. The molecule has 0 radical (unpaired) electrons. The highest BCUT2D eigenvalue weighted by atomic mass is 35.5. The van der Waals surface area contributed by atoms with E-state index < -0.39 is 0 Å². The van der Waals surface area contributed by atoms with Crippen LogP contribution in [0.5, 0.6) is 5.75 Å². The molecular weight excluding hydrogens is 370 g/mol. The minimum absolute atomic E-state index is 0.370. The maximum atomic E-state index is 5.88. The standard InChI is InChI=1S/C18H16ClN5OS/c1-23(2)14-7-3-12(4-8-14)17-20-21-18-24(17)22-16(26-18)11-25-15-9-5-13(19)6-10-15/h3-10H,11H2,1-2H3. The van der Waals surface area contributed by atoms with Gasteiger partial charge in [-0.25, -0.2) is 0 Å². The van der Waals surface area contributed by atoms with Crippen molar-refractivity contribution in [2.45, 2.75) is 6.61 Å². The average molecular weight is 386 g/mol. The highest BCUT2D eigenvalue weighted by Crippen LogP contribution is 2.24. The number of nitrogens with zero attached hydrogens (tertiary/aromatic N) is 5. The molecule has 2 aromatic carbocycles. The molecule has 0 aliphatic heterocycles. The number of benzene rings is 2. The summed E-state index contributed by atoms with van der Waals surface area (Å²) in [6.45, 7) is 0.370. The van der Waals surface area contributed by atoms with Crippen molar-refractivity contribution in [3.63, 3.8) is 0 Å². The minimum Gasteiger partial charge on any atom is -0.486 e. The number of fused-ring (bicyclic) bond motifs is 1. The molecule has 132 valence electrons. The van der Waals surface area contributed by atoms with E-state index in [1.165, 1.54) is 11.3 Å². The van der Waals surface area contributed by atoms with Gasteiger partial charge in [0.05, 0.1) is 0 Å². The molecule has 0 unspecified atom stereocenters. The van der Waals surface area contributed by atoms with Crippen LogP contribution in [0.4, 0.5) is 5.69 Å². The van der Waals surface area contributed by atoms with E-state index in [4.69, 9.17) is 16.3 Å². The molecule has 4 aromatic rings. The Hall–Kier alpha value is -2.64. The summed E-state index contributed by atoms with van der Waals surface area (Å²) in [5.41, 5.74) is 2.10. The van der Waals surface area contributed by atoms with Crippen LogP contribution in [0.2, 0.25) is 5.02 Å². The van der Waals surface area contributed by atoms with E-state index in [1.807, 2.05) is 50.5 Å². The number of rotatable bonds is 5. The van der Waals surface area contributed by atoms with Crippen LogP contribution in [-0.2, 0) is 6.61 Å². The van der Waals surface area contributed by atoms with Crippen LogP contribution in [0.15, 0.2) is 48.5 Å². The summed E-state index contributed by atoms with van der Waals surface area (Å²) in [6, 6.07) is 15.4. The number of hydrogen-bond donors (Lipinski definition) is 0. The summed E-state index contributed by atoms with van der Waals surface area (Å²) in [5, 5.41) is 14.6. The average Bonchev–Trinajstić information content (AvgIpc) is 3.21. The third-order valence-corrected chi connectivity index (χ3v) is 4.97. The fraction of sp³-hybridized carbons (Fsp3) is 0.167. The first-order valence-electron chi connectivity index (χ1n) is 7.97. The zero-order valence-corrected chi connectivity index (χ0v) is 15.8. The van der Waals surface area contributed by atoms with Gasteiger partial charge in [0, 0.05) is 30.4 Å². The van der Waals surface area contributed by atoms with Crippen LogP contribution in [0.25, 0.3) is 16.3 Å². The van der Waals surface area contributed by atoms with Gasteiger partial charge in [-0.1, -0.05) is 22.9 Å². The number of ether oxygens (including phenoxy) is 1. The SMILES string of the molecule is CN(C)c1ccc(-c2nnc3sc(COc4ccc(Cl)cc4)nn23)cc1. The third kappa shape index (κ3) is 3.36. The number of hydrogen-bond acceptors (Lipinski definition) is 6. The highest BCUT2D eigenvalue weighted by Gasteiger charge is 2.14. The van der Waals surface area contributed by atoms with Crippen molar-refractivity contribution in [3.8, 4) is 17.1 Å². The van der Waals surface area contributed by atoms with Gasteiger partial charge in [-0.2, -0.15) is 9.61 Å². The molecule has 0 saturated carbocycles. The van der Waals surface area contributed by atoms with Crippen molar-refractivity contribution >= 4 is 33.6 Å². The van der Waals surface area contributed by atoms with Crippen LogP contribution in [0.1, 0.15) is 5.01 Å². The lowest BCUT2D eigenvalue weighted by molar-refractivity contribution is 0.304. The quantitative estimate of drug-likeness (QED) is 0.516. The first-order valence-corrected chi connectivity index (χ1v) is 9.17. The molecule has 4 rings (SSSR count). The number of aromatic nitrogens is 4. The third-order valence-electron chi connectivity index (χ3n) is 3.85. The second kappa shape index (κ2) is 6.93. The smallest absolute Gasteiger partial charge is 0.235 e. The van der Waals surface area contributed by atoms with Gasteiger partial charge in [0.15, 0.2) is 10.8 Å². The van der Waals surface area contributed by atoms with E-state index in [0.717, 1.165) is 32.8 Å². The van der Waals surface area contributed by atoms with Crippen molar-refractivity contribution in [3.05, 3.63) is 58.6 Å². The predicted molar refractivity (Wildman–Crippen MR) is 104 cm³/mol. The van der Waals surface area contributed by atoms with Gasteiger partial charge < -0.3 is 9.64 Å². The summed E-state index contributed by atoms with van der Waals surface area (Å²) in [6.07, 6.45) is 0. The molecule has 2 aromatic heterocycles. The largest absolute Gasteiger partial charge is 0.486 e. The predicted octanol–water partition coefficient (Wildman–Crippen LogP) is 4.15. The lowest BCUT2D eigenvalue weighted by atomic mass is 10.2. The first-order chi connectivity index (χ1) is 12.6. The molecule has 0 atom stereocenters. The van der Waals surface area contributed by atoms with E-state index in [-0.39, 0.29) is 0 Å². The molecule has 0 fully saturated rings. The Morgan fingerprint density at radius 2 is 1.77 bits per heavy atom. The Labute approximate surface area is 159 Å². The molecule has 0 N–H and O–H groups in total. The summed E-state index contributed by atoms with van der Waals surface area (Å²) in [5.74, 6) is 1.47. The first kappa shape index (κ1) is 16.8. The van der Waals surface area contributed by atoms with E-state index in [9.17, 15) is 0 Å². The Kier molecular flexibility index (Phi) is 4.48. The maximum Gasteiger partial charge on any atom is 0.235 e. The second-order valence-electron chi connectivity index (χ2n) is 5.90. The molecule has 26 heavy (non-hydrogen) atoms. The summed E-state index contributed by atoms with van der Waals surface area (Å²) >= 11 is 7.35. The van der Waals surface area contributed by atoms with Gasteiger partial charge in [0.1, 0.15) is 12.4 Å². The second-order valence-corrected chi connectivity index (χ2v) is 7.37. The van der Waals surface area contributed by atoms with Crippen LogP contribution in [0.3, 0.4) is 0 Å². The molecular formula is C18H16ClN5OS. The lowest BCUT2D eigenvalue weighted by Gasteiger charge is -2.12. The van der Waals surface area contributed by atoms with Crippen LogP contribution in [0, 0.1) is 0 Å². The van der Waals surface area contributed by atoms with Gasteiger partial charge in [0.25, 0.3) is 0 Å². The molecule has 6 nitrogen and oxygen atoms in total. The summed E-state index contributed by atoms with van der Waals surface area (Å²) in [7, 11) is 4.02. The molecule has 0 saturated heterocycles. The van der Waals surface area contributed by atoms with Gasteiger partial charge in [0.2, 0.25) is 4.96 Å². The molecule has 0 aliphatic rings. The molecule has 2 heterocycles. The molecule has 0 amide bonds. The summed E-state index contributed by atoms with van der Waals surface area (Å²) < 4.78 is 7.52. The fourth-order valence-corrected chi connectivity index (χ4v) is 3.35. The minimum atomic E-state index is 0.370. The van der Waals surface area contributed by atoms with Gasteiger partial charge in [-0.15, -0.1) is 10.2 Å². The van der Waals surface area contributed by atoms with Gasteiger partial charge >= 0.3 is 0 Å². The Balaban J connectivity index is 1.55. The van der Waals surface area contributed by atoms with Crippen molar-refractivity contribution in [1.82, 2.24) is 19.8 Å². The number of halogens is 1. The number of anilines is 1. The maximum absolute atomic E-state index is 5.88. The topological polar surface area (TPSA) is 55.5 Å². The fourth-order valence-electron chi connectivity index (χ4n) is 2.48. The van der Waals surface area contributed by atoms with Crippen LogP contribution in [-0.4, -0.2) is 33.9 Å². The van der Waals surface area contributed by atoms with Crippen molar-refractivity contribution < 1.29 is 4.74 Å². The van der Waals surface area contributed by atoms with E-state index >= 15 is 0 Å². The molecule has 0 spiro atoms. The van der Waals surface area contributed by atoms with Crippen molar-refractivity contribution in [1.29, 1.82) is 0 Å². The lowest BCUT2D eigenvalue weighted by Crippen LogP contribution is -2.08.